The van der Waals surface area contributed by atoms with Crippen LogP contribution >= 0.6 is 0 Å². The van der Waals surface area contributed by atoms with Gasteiger partial charge in [0, 0.05) is 12.1 Å². The standard InChI is InChI=1S/C21H26N6O/c1-14-22-17(12-20(23-14)25-16-8-10-26(3)11-9-16)13-27-15(2)24-19-7-5-4-6-18(19)21(27)28/h4-7,12,16H,8-11,13H2,1-3H3,(H,22,23,25). The Hall–Kier alpha value is -2.80. The molecular weight excluding hydrogens is 352 g/mol. The van der Waals surface area contributed by atoms with E-state index < -0.39 is 0 Å². The van der Waals surface area contributed by atoms with Crippen molar-refractivity contribution in [3.05, 3.63) is 58.0 Å². The highest BCUT2D eigenvalue weighted by Crippen LogP contribution is 2.16. The van der Waals surface area contributed by atoms with Crippen LogP contribution < -0.4 is 10.9 Å². The van der Waals surface area contributed by atoms with Crippen LogP contribution in [-0.4, -0.2) is 50.6 Å². The summed E-state index contributed by atoms with van der Waals surface area (Å²) in [4.78, 5) is 28.9. The number of para-hydroxylation sites is 1. The summed E-state index contributed by atoms with van der Waals surface area (Å²) in [5.74, 6) is 2.22. The lowest BCUT2D eigenvalue weighted by molar-refractivity contribution is 0.263. The summed E-state index contributed by atoms with van der Waals surface area (Å²) >= 11 is 0. The molecule has 146 valence electrons. The average molecular weight is 378 g/mol. The van der Waals surface area contributed by atoms with E-state index >= 15 is 0 Å². The van der Waals surface area contributed by atoms with Crippen LogP contribution in [0, 0.1) is 13.8 Å². The van der Waals surface area contributed by atoms with Gasteiger partial charge in [-0.15, -0.1) is 0 Å². The van der Waals surface area contributed by atoms with Gasteiger partial charge in [0.15, 0.2) is 0 Å². The Morgan fingerprint density at radius 2 is 1.86 bits per heavy atom. The molecule has 0 saturated carbocycles. The average Bonchev–Trinajstić information content (AvgIpc) is 2.67. The van der Waals surface area contributed by atoms with Crippen LogP contribution in [0.2, 0.25) is 0 Å². The highest BCUT2D eigenvalue weighted by Gasteiger charge is 2.17. The molecule has 7 nitrogen and oxygen atoms in total. The van der Waals surface area contributed by atoms with E-state index in [2.05, 4.69) is 32.2 Å². The van der Waals surface area contributed by atoms with Crippen LogP contribution in [0.1, 0.15) is 30.2 Å². The molecule has 1 aromatic carbocycles. The van der Waals surface area contributed by atoms with E-state index in [0.29, 0.717) is 29.6 Å². The van der Waals surface area contributed by atoms with Crippen molar-refractivity contribution in [3.63, 3.8) is 0 Å². The highest BCUT2D eigenvalue weighted by atomic mass is 16.1. The second kappa shape index (κ2) is 7.67. The highest BCUT2D eigenvalue weighted by molar-refractivity contribution is 5.77. The maximum Gasteiger partial charge on any atom is 0.261 e. The maximum absolute atomic E-state index is 12.9. The SMILES string of the molecule is Cc1nc(Cn2c(C)nc3ccccc3c2=O)cc(NC2CCN(C)CC2)n1. The van der Waals surface area contributed by atoms with Gasteiger partial charge in [0.25, 0.3) is 5.56 Å². The normalized spacial score (nSPS) is 15.8. The topological polar surface area (TPSA) is 75.9 Å². The van der Waals surface area contributed by atoms with Crippen LogP contribution in [-0.2, 0) is 6.54 Å². The molecule has 1 fully saturated rings. The first-order valence-corrected chi connectivity index (χ1v) is 9.75. The summed E-state index contributed by atoms with van der Waals surface area (Å²) in [5.41, 5.74) is 1.50. The van der Waals surface area contributed by atoms with Crippen molar-refractivity contribution in [1.29, 1.82) is 0 Å². The second-order valence-electron chi connectivity index (χ2n) is 7.58. The minimum absolute atomic E-state index is 0.0378. The van der Waals surface area contributed by atoms with Crippen molar-refractivity contribution < 1.29 is 0 Å². The Morgan fingerprint density at radius 1 is 1.11 bits per heavy atom. The van der Waals surface area contributed by atoms with Crippen molar-refractivity contribution in [2.24, 2.45) is 0 Å². The molecule has 0 unspecified atom stereocenters. The number of piperidine rings is 1. The molecule has 3 heterocycles. The number of rotatable bonds is 4. The number of nitrogens with one attached hydrogen (secondary N) is 1. The van der Waals surface area contributed by atoms with Crippen molar-refractivity contribution in [1.82, 2.24) is 24.4 Å². The monoisotopic (exact) mass is 378 g/mol. The summed E-state index contributed by atoms with van der Waals surface area (Å²) in [7, 11) is 2.15. The number of nitrogens with zero attached hydrogens (tertiary/aromatic N) is 5. The number of fused-ring (bicyclic) bond motifs is 1. The molecule has 1 aliphatic heterocycles. The molecule has 4 rings (SSSR count). The zero-order valence-electron chi connectivity index (χ0n) is 16.6. The number of hydrogen-bond acceptors (Lipinski definition) is 6. The first-order chi connectivity index (χ1) is 13.5. The van der Waals surface area contributed by atoms with E-state index in [1.165, 1.54) is 0 Å². The molecule has 3 aromatic rings. The zero-order valence-corrected chi connectivity index (χ0v) is 16.6. The number of aryl methyl sites for hydroxylation is 2. The number of hydrogen-bond donors (Lipinski definition) is 1. The van der Waals surface area contributed by atoms with Crippen molar-refractivity contribution in [2.75, 3.05) is 25.5 Å². The minimum atomic E-state index is -0.0378. The lowest BCUT2D eigenvalue weighted by Crippen LogP contribution is -2.37. The Morgan fingerprint density at radius 3 is 2.64 bits per heavy atom. The van der Waals surface area contributed by atoms with Gasteiger partial charge in [0.05, 0.1) is 23.1 Å². The summed E-state index contributed by atoms with van der Waals surface area (Å²) in [6.45, 7) is 6.31. The van der Waals surface area contributed by atoms with Crippen LogP contribution in [0.5, 0.6) is 0 Å². The predicted molar refractivity (Wildman–Crippen MR) is 111 cm³/mol. The van der Waals surface area contributed by atoms with E-state index in [0.717, 1.165) is 43.0 Å². The predicted octanol–water partition coefficient (Wildman–Crippen LogP) is 2.36. The largest absolute Gasteiger partial charge is 0.367 e. The summed E-state index contributed by atoms with van der Waals surface area (Å²) in [6, 6.07) is 9.82. The molecule has 0 radical (unpaired) electrons. The van der Waals surface area contributed by atoms with Crippen LogP contribution in [0.4, 0.5) is 5.82 Å². The molecule has 1 saturated heterocycles. The summed E-state index contributed by atoms with van der Waals surface area (Å²) in [6.07, 6.45) is 2.20. The maximum atomic E-state index is 12.9. The Bertz CT molecular complexity index is 1050. The molecule has 1 aliphatic rings. The molecule has 0 bridgehead atoms. The van der Waals surface area contributed by atoms with Gasteiger partial charge in [-0.05, 0) is 59.0 Å². The molecule has 2 aromatic heterocycles. The Labute approximate surface area is 164 Å². The molecule has 7 heteroatoms. The van der Waals surface area contributed by atoms with E-state index in [-0.39, 0.29) is 5.56 Å². The fourth-order valence-corrected chi connectivity index (χ4v) is 3.77. The van der Waals surface area contributed by atoms with Gasteiger partial charge in [-0.2, -0.15) is 0 Å². The van der Waals surface area contributed by atoms with Crippen LogP contribution in [0.15, 0.2) is 35.1 Å². The summed E-state index contributed by atoms with van der Waals surface area (Å²) < 4.78 is 1.68. The molecule has 0 amide bonds. The molecule has 0 atom stereocenters. The quantitative estimate of drug-likeness (QED) is 0.751. The van der Waals surface area contributed by atoms with E-state index in [4.69, 9.17) is 0 Å². The number of benzene rings is 1. The van der Waals surface area contributed by atoms with Gasteiger partial charge >= 0.3 is 0 Å². The number of aromatic nitrogens is 4. The minimum Gasteiger partial charge on any atom is -0.367 e. The van der Waals surface area contributed by atoms with Gasteiger partial charge < -0.3 is 10.2 Å². The fraction of sp³-hybridized carbons (Fsp3) is 0.429. The molecule has 1 N–H and O–H groups in total. The first-order valence-electron chi connectivity index (χ1n) is 9.75. The molecule has 0 aliphatic carbocycles. The van der Waals surface area contributed by atoms with E-state index in [9.17, 15) is 4.79 Å². The lowest BCUT2D eigenvalue weighted by Gasteiger charge is -2.29. The van der Waals surface area contributed by atoms with Crippen molar-refractivity contribution in [3.8, 4) is 0 Å². The van der Waals surface area contributed by atoms with Crippen LogP contribution in [0.25, 0.3) is 10.9 Å². The third kappa shape index (κ3) is 3.89. The smallest absolute Gasteiger partial charge is 0.261 e. The number of anilines is 1. The van der Waals surface area contributed by atoms with Crippen molar-refractivity contribution >= 4 is 16.7 Å². The van der Waals surface area contributed by atoms with Gasteiger partial charge in [0.1, 0.15) is 17.5 Å². The summed E-state index contributed by atoms with van der Waals surface area (Å²) in [5, 5.41) is 4.17. The number of likely N-dealkylation sites (tertiary alicyclic amines) is 1. The van der Waals surface area contributed by atoms with Gasteiger partial charge in [-0.3, -0.25) is 9.36 Å². The molecular formula is C21H26N6O. The third-order valence-electron chi connectivity index (χ3n) is 5.33. The fourth-order valence-electron chi connectivity index (χ4n) is 3.77. The van der Waals surface area contributed by atoms with Crippen LogP contribution in [0.3, 0.4) is 0 Å². The first kappa shape index (κ1) is 18.6. The second-order valence-corrected chi connectivity index (χ2v) is 7.58. The van der Waals surface area contributed by atoms with Gasteiger partial charge in [0.2, 0.25) is 0 Å². The Balaban J connectivity index is 1.61. The Kier molecular flexibility index (Phi) is 5.09. The van der Waals surface area contributed by atoms with Gasteiger partial charge in [-0.1, -0.05) is 12.1 Å². The molecule has 28 heavy (non-hydrogen) atoms. The van der Waals surface area contributed by atoms with E-state index in [1.807, 2.05) is 44.2 Å². The lowest BCUT2D eigenvalue weighted by atomic mass is 10.1. The van der Waals surface area contributed by atoms with Gasteiger partial charge in [-0.25, -0.2) is 15.0 Å². The molecule has 0 spiro atoms. The van der Waals surface area contributed by atoms with Crippen molar-refractivity contribution in [2.45, 2.75) is 39.3 Å². The zero-order chi connectivity index (χ0) is 19.7. The third-order valence-corrected chi connectivity index (χ3v) is 5.33. The van der Waals surface area contributed by atoms with E-state index in [1.54, 1.807) is 4.57 Å².